The van der Waals surface area contributed by atoms with E-state index in [1.54, 1.807) is 26.0 Å². The highest BCUT2D eigenvalue weighted by atomic mass is 35.5. The fourth-order valence-corrected chi connectivity index (χ4v) is 1.84. The largest absolute Gasteiger partial charge is 0.466 e. The minimum Gasteiger partial charge on any atom is -0.466 e. The average molecular weight is 269 g/mol. The van der Waals surface area contributed by atoms with Crippen LogP contribution < -0.4 is 0 Å². The first-order chi connectivity index (χ1) is 8.43. The van der Waals surface area contributed by atoms with Gasteiger partial charge >= 0.3 is 5.97 Å². The minimum absolute atomic E-state index is 0.134. The highest BCUT2D eigenvalue weighted by molar-refractivity contribution is 6.33. The van der Waals surface area contributed by atoms with E-state index in [0.29, 0.717) is 12.2 Å². The molecule has 0 saturated heterocycles. The summed E-state index contributed by atoms with van der Waals surface area (Å²) >= 11 is 5.78. The summed E-state index contributed by atoms with van der Waals surface area (Å²) < 4.78 is 4.88. The molecule has 1 rings (SSSR count). The molecule has 0 spiro atoms. The summed E-state index contributed by atoms with van der Waals surface area (Å²) in [7, 11) is 0. The Hall–Kier alpha value is -1.35. The van der Waals surface area contributed by atoms with Gasteiger partial charge in [-0.25, -0.2) is 0 Å². The van der Waals surface area contributed by atoms with Crippen molar-refractivity contribution in [2.24, 2.45) is 0 Å². The maximum absolute atomic E-state index is 11.8. The summed E-state index contributed by atoms with van der Waals surface area (Å²) in [6, 6.07) is 5.34. The zero-order valence-corrected chi connectivity index (χ0v) is 11.6. The monoisotopic (exact) mass is 268 g/mol. The van der Waals surface area contributed by atoms with Gasteiger partial charge in [-0.3, -0.25) is 9.59 Å². The SMILES string of the molecule is CCOC(=O)Cc1cc(C)cc(C(=O)C(C)Cl)c1. The average Bonchev–Trinajstić information content (AvgIpc) is 2.27. The smallest absolute Gasteiger partial charge is 0.310 e. The molecular weight excluding hydrogens is 252 g/mol. The number of carbonyl (C=O) groups excluding carboxylic acids is 2. The molecule has 0 radical (unpaired) electrons. The summed E-state index contributed by atoms with van der Waals surface area (Å²) in [5, 5.41) is -0.567. The topological polar surface area (TPSA) is 43.4 Å². The summed E-state index contributed by atoms with van der Waals surface area (Å²) in [4.78, 5) is 23.2. The third-order valence-corrected chi connectivity index (χ3v) is 2.63. The third kappa shape index (κ3) is 4.15. The molecule has 0 N–H and O–H groups in total. The lowest BCUT2D eigenvalue weighted by Crippen LogP contribution is -2.12. The number of benzene rings is 1. The van der Waals surface area contributed by atoms with Gasteiger partial charge in [0.05, 0.1) is 18.4 Å². The molecule has 3 nitrogen and oxygen atoms in total. The zero-order valence-electron chi connectivity index (χ0n) is 10.8. The van der Waals surface area contributed by atoms with Gasteiger partial charge in [-0.1, -0.05) is 11.6 Å². The number of rotatable bonds is 5. The molecule has 0 saturated carbocycles. The second-order valence-corrected chi connectivity index (χ2v) is 4.82. The first-order valence-corrected chi connectivity index (χ1v) is 6.32. The second kappa shape index (κ2) is 6.55. The molecule has 18 heavy (non-hydrogen) atoms. The standard InChI is InChI=1S/C14H17ClO3/c1-4-18-13(16)8-11-5-9(2)6-12(7-11)14(17)10(3)15/h5-7,10H,4,8H2,1-3H3. The molecule has 4 heteroatoms. The number of Topliss-reactive ketones (excluding diaryl/α,β-unsaturated/α-hetero) is 1. The van der Waals surface area contributed by atoms with Gasteiger partial charge in [-0.05, 0) is 38.5 Å². The Morgan fingerprint density at radius 2 is 2.00 bits per heavy atom. The summed E-state index contributed by atoms with van der Waals surface area (Å²) in [6.07, 6.45) is 0.173. The number of hydrogen-bond acceptors (Lipinski definition) is 3. The van der Waals surface area contributed by atoms with Gasteiger partial charge in [0.2, 0.25) is 0 Å². The number of hydrogen-bond donors (Lipinski definition) is 0. The van der Waals surface area contributed by atoms with Gasteiger partial charge in [-0.15, -0.1) is 11.6 Å². The van der Waals surface area contributed by atoms with Gasteiger partial charge in [0, 0.05) is 5.56 Å². The number of ether oxygens (including phenoxy) is 1. The maximum Gasteiger partial charge on any atom is 0.310 e. The van der Waals surface area contributed by atoms with Crippen molar-refractivity contribution < 1.29 is 14.3 Å². The molecule has 0 bridgehead atoms. The van der Waals surface area contributed by atoms with E-state index in [2.05, 4.69) is 0 Å². The Morgan fingerprint density at radius 3 is 2.56 bits per heavy atom. The van der Waals surface area contributed by atoms with Crippen LogP contribution in [0, 0.1) is 6.92 Å². The first-order valence-electron chi connectivity index (χ1n) is 5.88. The highest BCUT2D eigenvalue weighted by Crippen LogP contribution is 2.14. The molecule has 0 aliphatic rings. The van der Waals surface area contributed by atoms with E-state index in [1.165, 1.54) is 0 Å². The number of alkyl halides is 1. The fourth-order valence-electron chi connectivity index (χ4n) is 1.72. The van der Waals surface area contributed by atoms with Gasteiger partial charge in [0.25, 0.3) is 0 Å². The van der Waals surface area contributed by atoms with E-state index in [0.717, 1.165) is 11.1 Å². The molecule has 0 aromatic heterocycles. The van der Waals surface area contributed by atoms with Crippen LogP contribution in [0.5, 0.6) is 0 Å². The Bertz CT molecular complexity index is 452. The van der Waals surface area contributed by atoms with E-state index in [-0.39, 0.29) is 18.2 Å². The Balaban J connectivity index is 2.94. The lowest BCUT2D eigenvalue weighted by molar-refractivity contribution is -0.142. The molecule has 1 aromatic carbocycles. The maximum atomic E-state index is 11.8. The lowest BCUT2D eigenvalue weighted by Gasteiger charge is -2.08. The molecule has 0 aliphatic heterocycles. The number of ketones is 1. The van der Waals surface area contributed by atoms with Crippen molar-refractivity contribution in [2.75, 3.05) is 6.61 Å². The molecular formula is C14H17ClO3. The predicted octanol–water partition coefficient (Wildman–Crippen LogP) is 2.91. The fraction of sp³-hybridized carbons (Fsp3) is 0.429. The molecule has 0 aliphatic carbocycles. The highest BCUT2D eigenvalue weighted by Gasteiger charge is 2.14. The van der Waals surface area contributed by atoms with E-state index in [1.807, 2.05) is 13.0 Å². The number of carbonyl (C=O) groups is 2. The zero-order chi connectivity index (χ0) is 13.7. The molecule has 1 atom stereocenters. The number of esters is 1. The van der Waals surface area contributed by atoms with Crippen LogP contribution in [0.4, 0.5) is 0 Å². The first kappa shape index (κ1) is 14.7. The molecule has 1 aromatic rings. The van der Waals surface area contributed by atoms with Gasteiger partial charge in [0.15, 0.2) is 5.78 Å². The molecule has 0 amide bonds. The number of aryl methyl sites for hydroxylation is 1. The van der Waals surface area contributed by atoms with Crippen molar-refractivity contribution >= 4 is 23.4 Å². The second-order valence-electron chi connectivity index (χ2n) is 4.17. The van der Waals surface area contributed by atoms with Crippen LogP contribution in [0.25, 0.3) is 0 Å². The van der Waals surface area contributed by atoms with Crippen LogP contribution in [-0.4, -0.2) is 23.7 Å². The third-order valence-electron chi connectivity index (χ3n) is 2.44. The van der Waals surface area contributed by atoms with Crippen molar-refractivity contribution in [1.29, 1.82) is 0 Å². The Morgan fingerprint density at radius 1 is 1.33 bits per heavy atom. The van der Waals surface area contributed by atoms with Crippen LogP contribution in [0.1, 0.15) is 35.3 Å². The Labute approximate surface area is 112 Å². The van der Waals surface area contributed by atoms with E-state index in [9.17, 15) is 9.59 Å². The quantitative estimate of drug-likeness (QED) is 0.468. The molecule has 0 fully saturated rings. The minimum atomic E-state index is -0.567. The van der Waals surface area contributed by atoms with Crippen molar-refractivity contribution in [2.45, 2.75) is 32.6 Å². The summed E-state index contributed by atoms with van der Waals surface area (Å²) in [5.41, 5.74) is 2.24. The Kier molecular flexibility index (Phi) is 5.35. The van der Waals surface area contributed by atoms with Crippen molar-refractivity contribution in [3.05, 3.63) is 34.9 Å². The van der Waals surface area contributed by atoms with E-state index < -0.39 is 5.38 Å². The van der Waals surface area contributed by atoms with Crippen LogP contribution in [0.2, 0.25) is 0 Å². The summed E-state index contributed by atoms with van der Waals surface area (Å²) in [6.45, 7) is 5.63. The van der Waals surface area contributed by atoms with Crippen LogP contribution in [-0.2, 0) is 16.0 Å². The van der Waals surface area contributed by atoms with Gasteiger partial charge in [0.1, 0.15) is 0 Å². The molecule has 0 heterocycles. The number of halogens is 1. The van der Waals surface area contributed by atoms with Gasteiger partial charge < -0.3 is 4.74 Å². The van der Waals surface area contributed by atoms with Gasteiger partial charge in [-0.2, -0.15) is 0 Å². The van der Waals surface area contributed by atoms with Crippen LogP contribution in [0.15, 0.2) is 18.2 Å². The van der Waals surface area contributed by atoms with Crippen molar-refractivity contribution in [1.82, 2.24) is 0 Å². The van der Waals surface area contributed by atoms with E-state index in [4.69, 9.17) is 16.3 Å². The molecule has 98 valence electrons. The summed E-state index contributed by atoms with van der Waals surface area (Å²) in [5.74, 6) is -0.425. The van der Waals surface area contributed by atoms with Crippen LogP contribution >= 0.6 is 11.6 Å². The van der Waals surface area contributed by atoms with Crippen molar-refractivity contribution in [3.8, 4) is 0 Å². The normalized spacial score (nSPS) is 12.0. The lowest BCUT2D eigenvalue weighted by atomic mass is 10.0. The van der Waals surface area contributed by atoms with Crippen molar-refractivity contribution in [3.63, 3.8) is 0 Å². The van der Waals surface area contributed by atoms with Crippen LogP contribution in [0.3, 0.4) is 0 Å². The van der Waals surface area contributed by atoms with E-state index >= 15 is 0 Å². The molecule has 1 unspecified atom stereocenters. The predicted molar refractivity (Wildman–Crippen MR) is 71.2 cm³/mol.